The molecule has 2 aromatic rings. The van der Waals surface area contributed by atoms with Gasteiger partial charge in [0.2, 0.25) is 0 Å². The number of carbonyl (C=O) groups is 1. The first-order valence-corrected chi connectivity index (χ1v) is 7.70. The number of carbonyl (C=O) groups excluding carboxylic acids is 1. The Labute approximate surface area is 107 Å². The van der Waals surface area contributed by atoms with Crippen LogP contribution in [0.5, 0.6) is 0 Å². The van der Waals surface area contributed by atoms with Gasteiger partial charge in [-0.05, 0) is 17.9 Å². The van der Waals surface area contributed by atoms with E-state index in [4.69, 9.17) is 0 Å². The number of hydrogen-bond acceptors (Lipinski definition) is 5. The summed E-state index contributed by atoms with van der Waals surface area (Å²) in [5.41, 5.74) is 0. The zero-order valence-corrected chi connectivity index (χ0v) is 11.0. The normalized spacial score (nSPS) is 10.5. The molecule has 2 rings (SSSR count). The maximum Gasteiger partial charge on any atom is 0.172 e. The van der Waals surface area contributed by atoms with E-state index >= 15 is 0 Å². The van der Waals surface area contributed by atoms with Gasteiger partial charge < -0.3 is 0 Å². The van der Waals surface area contributed by atoms with Crippen LogP contribution in [-0.2, 0) is 0 Å². The number of rotatable bonds is 6. The Bertz CT molecular complexity index is 422. The van der Waals surface area contributed by atoms with E-state index in [1.807, 2.05) is 29.1 Å². The molecule has 2 heterocycles. The number of aromatic nitrogens is 1. The molecule has 0 saturated heterocycles. The molecule has 0 aromatic carbocycles. The van der Waals surface area contributed by atoms with Crippen LogP contribution in [-0.4, -0.2) is 16.5 Å². The highest BCUT2D eigenvalue weighted by Gasteiger charge is 2.06. The molecule has 84 valence electrons. The van der Waals surface area contributed by atoms with Gasteiger partial charge in [0, 0.05) is 23.8 Å². The van der Waals surface area contributed by atoms with Gasteiger partial charge in [0.05, 0.1) is 4.88 Å². The Hall–Kier alpha value is -0.650. The summed E-state index contributed by atoms with van der Waals surface area (Å²) in [6.07, 6.45) is 3.36. The largest absolute Gasteiger partial charge is 0.293 e. The first-order valence-electron chi connectivity index (χ1n) is 4.95. The molecule has 0 radical (unpaired) electrons. The monoisotopic (exact) mass is 269 g/mol. The average molecular weight is 269 g/mol. The van der Waals surface area contributed by atoms with Crippen LogP contribution in [0.2, 0.25) is 0 Å². The SMILES string of the molecule is O=C(CCCSc1nccs1)c1cccs1. The Morgan fingerprint density at radius 3 is 3.00 bits per heavy atom. The van der Waals surface area contributed by atoms with Gasteiger partial charge in [-0.25, -0.2) is 4.98 Å². The second-order valence-corrected chi connectivity index (χ2v) is 6.33. The van der Waals surface area contributed by atoms with Gasteiger partial charge in [-0.2, -0.15) is 0 Å². The van der Waals surface area contributed by atoms with Crippen molar-refractivity contribution in [2.24, 2.45) is 0 Å². The van der Waals surface area contributed by atoms with Gasteiger partial charge in [0.25, 0.3) is 0 Å². The highest BCUT2D eigenvalue weighted by atomic mass is 32.2. The molecular formula is C11H11NOS3. The third-order valence-electron chi connectivity index (χ3n) is 1.98. The summed E-state index contributed by atoms with van der Waals surface area (Å²) in [5, 5.41) is 3.91. The molecule has 0 aliphatic rings. The second-order valence-electron chi connectivity index (χ2n) is 3.15. The molecule has 2 aromatic heterocycles. The first kappa shape index (κ1) is 11.8. The average Bonchev–Trinajstić information content (AvgIpc) is 2.96. The fourth-order valence-electron chi connectivity index (χ4n) is 1.23. The fraction of sp³-hybridized carbons (Fsp3) is 0.273. The summed E-state index contributed by atoms with van der Waals surface area (Å²) < 4.78 is 1.09. The molecule has 0 aliphatic carbocycles. The number of ketones is 1. The third-order valence-corrected chi connectivity index (χ3v) is 4.94. The highest BCUT2D eigenvalue weighted by molar-refractivity contribution is 8.00. The second kappa shape index (κ2) is 6.18. The van der Waals surface area contributed by atoms with E-state index in [0.29, 0.717) is 6.42 Å². The van der Waals surface area contributed by atoms with Crippen molar-refractivity contribution in [1.82, 2.24) is 4.98 Å². The van der Waals surface area contributed by atoms with Crippen molar-refractivity contribution in [2.45, 2.75) is 17.2 Å². The van der Waals surface area contributed by atoms with E-state index < -0.39 is 0 Å². The molecular weight excluding hydrogens is 258 g/mol. The molecule has 2 nitrogen and oxygen atoms in total. The highest BCUT2D eigenvalue weighted by Crippen LogP contribution is 2.22. The molecule has 5 heteroatoms. The summed E-state index contributed by atoms with van der Waals surface area (Å²) in [6, 6.07) is 3.81. The molecule has 0 aliphatic heterocycles. The lowest BCUT2D eigenvalue weighted by Crippen LogP contribution is -1.96. The molecule has 0 atom stereocenters. The molecule has 0 amide bonds. The van der Waals surface area contributed by atoms with E-state index in [1.54, 1.807) is 23.1 Å². The van der Waals surface area contributed by atoms with E-state index in [9.17, 15) is 4.79 Å². The van der Waals surface area contributed by atoms with Crippen LogP contribution in [0.1, 0.15) is 22.5 Å². The maximum atomic E-state index is 11.7. The zero-order valence-electron chi connectivity index (χ0n) is 8.59. The molecule has 0 spiro atoms. The lowest BCUT2D eigenvalue weighted by Gasteiger charge is -1.97. The van der Waals surface area contributed by atoms with Gasteiger partial charge in [-0.1, -0.05) is 17.8 Å². The molecule has 0 bridgehead atoms. The van der Waals surface area contributed by atoms with Gasteiger partial charge in [-0.3, -0.25) is 4.79 Å². The van der Waals surface area contributed by atoms with Crippen LogP contribution >= 0.6 is 34.4 Å². The summed E-state index contributed by atoms with van der Waals surface area (Å²) in [4.78, 5) is 16.7. The third kappa shape index (κ3) is 3.43. The lowest BCUT2D eigenvalue weighted by atomic mass is 10.2. The van der Waals surface area contributed by atoms with Crippen LogP contribution in [0.15, 0.2) is 33.4 Å². The number of Topliss-reactive ketones (excluding diaryl/α,β-unsaturated/α-hetero) is 1. The van der Waals surface area contributed by atoms with Crippen LogP contribution in [0.4, 0.5) is 0 Å². The molecule has 0 saturated carbocycles. The van der Waals surface area contributed by atoms with Gasteiger partial charge in [0.15, 0.2) is 5.78 Å². The van der Waals surface area contributed by atoms with Crippen molar-refractivity contribution in [3.63, 3.8) is 0 Å². The van der Waals surface area contributed by atoms with E-state index in [-0.39, 0.29) is 5.78 Å². The van der Waals surface area contributed by atoms with E-state index in [2.05, 4.69) is 4.98 Å². The standard InChI is InChI=1S/C11H11NOS3/c13-9(10-4-2-6-14-10)3-1-7-15-11-12-5-8-16-11/h2,4-6,8H,1,3,7H2. The number of nitrogens with zero attached hydrogens (tertiary/aromatic N) is 1. The van der Waals surface area contributed by atoms with Crippen molar-refractivity contribution in [2.75, 3.05) is 5.75 Å². The minimum atomic E-state index is 0.259. The molecule has 0 unspecified atom stereocenters. The number of hydrogen-bond donors (Lipinski definition) is 0. The Kier molecular flexibility index (Phi) is 4.56. The number of thioether (sulfide) groups is 1. The number of thiazole rings is 1. The first-order chi connectivity index (χ1) is 7.86. The Morgan fingerprint density at radius 2 is 2.31 bits per heavy atom. The maximum absolute atomic E-state index is 11.7. The van der Waals surface area contributed by atoms with Crippen molar-refractivity contribution in [1.29, 1.82) is 0 Å². The molecule has 0 fully saturated rings. The van der Waals surface area contributed by atoms with Crippen molar-refractivity contribution < 1.29 is 4.79 Å². The molecule has 0 N–H and O–H groups in total. The summed E-state index contributed by atoms with van der Waals surface area (Å²) >= 11 is 4.89. The summed E-state index contributed by atoms with van der Waals surface area (Å²) in [6.45, 7) is 0. The van der Waals surface area contributed by atoms with Crippen molar-refractivity contribution >= 4 is 40.2 Å². The Morgan fingerprint density at radius 1 is 1.38 bits per heavy atom. The Balaban J connectivity index is 1.67. The minimum Gasteiger partial charge on any atom is -0.293 e. The topological polar surface area (TPSA) is 30.0 Å². The predicted octanol–water partition coefficient (Wildman–Crippen LogP) is 3.96. The van der Waals surface area contributed by atoms with Gasteiger partial charge >= 0.3 is 0 Å². The smallest absolute Gasteiger partial charge is 0.172 e. The zero-order chi connectivity index (χ0) is 11.2. The van der Waals surface area contributed by atoms with Crippen molar-refractivity contribution in [3.05, 3.63) is 34.0 Å². The van der Waals surface area contributed by atoms with Gasteiger partial charge in [-0.15, -0.1) is 22.7 Å². The predicted molar refractivity (Wildman–Crippen MR) is 70.7 cm³/mol. The lowest BCUT2D eigenvalue weighted by molar-refractivity contribution is 0.0986. The number of thiophene rings is 1. The van der Waals surface area contributed by atoms with Crippen LogP contribution in [0, 0.1) is 0 Å². The summed E-state index contributed by atoms with van der Waals surface area (Å²) in [5.74, 6) is 1.22. The minimum absolute atomic E-state index is 0.259. The fourth-order valence-corrected chi connectivity index (χ4v) is 3.58. The molecule has 16 heavy (non-hydrogen) atoms. The van der Waals surface area contributed by atoms with E-state index in [0.717, 1.165) is 21.4 Å². The van der Waals surface area contributed by atoms with Crippen LogP contribution in [0.25, 0.3) is 0 Å². The van der Waals surface area contributed by atoms with Gasteiger partial charge in [0.1, 0.15) is 4.34 Å². The van der Waals surface area contributed by atoms with Crippen LogP contribution in [0.3, 0.4) is 0 Å². The van der Waals surface area contributed by atoms with Crippen molar-refractivity contribution in [3.8, 4) is 0 Å². The summed E-state index contributed by atoms with van der Waals surface area (Å²) in [7, 11) is 0. The van der Waals surface area contributed by atoms with Crippen LogP contribution < -0.4 is 0 Å². The van der Waals surface area contributed by atoms with E-state index in [1.165, 1.54) is 11.3 Å². The quantitative estimate of drug-likeness (QED) is 0.452.